The van der Waals surface area contributed by atoms with E-state index in [9.17, 15) is 4.79 Å². The topological polar surface area (TPSA) is 38.3 Å². The van der Waals surface area contributed by atoms with Crippen LogP contribution in [-0.4, -0.2) is 5.91 Å². The van der Waals surface area contributed by atoms with E-state index in [1.807, 2.05) is 31.2 Å². The molecule has 0 aromatic heterocycles. The Morgan fingerprint density at radius 1 is 1.17 bits per heavy atom. The Bertz CT molecular complexity index is 698. The van der Waals surface area contributed by atoms with Crippen molar-refractivity contribution in [3.63, 3.8) is 0 Å². The Balaban J connectivity index is 2.15. The van der Waals surface area contributed by atoms with Crippen LogP contribution in [0.3, 0.4) is 0 Å². The average Bonchev–Trinajstić information content (AvgIpc) is 2.54. The molecule has 3 nitrogen and oxygen atoms in total. The van der Waals surface area contributed by atoms with Gasteiger partial charge < -0.3 is 10.1 Å². The van der Waals surface area contributed by atoms with Crippen LogP contribution in [0.5, 0.6) is 5.75 Å². The Morgan fingerprint density at radius 3 is 2.61 bits per heavy atom. The standard InChI is InChI=1S/C19H22INO2/c1-4-14-6-9-18(13(3)10-14)23-12-15-7-8-16(20)11-17(15)21-19(22)5-2/h6-11H,4-5,12H2,1-3H3,(H,21,22). The predicted octanol–water partition coefficient (Wildman–Crippen LogP) is 5.09. The monoisotopic (exact) mass is 423 g/mol. The van der Waals surface area contributed by atoms with Crippen molar-refractivity contribution in [2.45, 2.75) is 40.2 Å². The first-order chi connectivity index (χ1) is 11.0. The SMILES string of the molecule is CCC(=O)Nc1cc(I)ccc1COc1ccc(CC)cc1C. The molecular weight excluding hydrogens is 401 g/mol. The van der Waals surface area contributed by atoms with Crippen LogP contribution < -0.4 is 10.1 Å². The smallest absolute Gasteiger partial charge is 0.224 e. The number of hydrogen-bond donors (Lipinski definition) is 1. The third kappa shape index (κ3) is 4.96. The molecule has 0 saturated heterocycles. The van der Waals surface area contributed by atoms with Gasteiger partial charge in [-0.1, -0.05) is 32.0 Å². The predicted molar refractivity (Wildman–Crippen MR) is 103 cm³/mol. The van der Waals surface area contributed by atoms with Crippen LogP contribution in [0.2, 0.25) is 0 Å². The van der Waals surface area contributed by atoms with Crippen molar-refractivity contribution in [1.29, 1.82) is 0 Å². The maximum Gasteiger partial charge on any atom is 0.224 e. The van der Waals surface area contributed by atoms with E-state index in [0.29, 0.717) is 13.0 Å². The second-order valence-electron chi connectivity index (χ2n) is 5.45. The summed E-state index contributed by atoms with van der Waals surface area (Å²) in [5.41, 5.74) is 4.24. The molecular formula is C19H22INO2. The lowest BCUT2D eigenvalue weighted by atomic mass is 10.1. The molecule has 0 aliphatic carbocycles. The Labute approximate surface area is 151 Å². The van der Waals surface area contributed by atoms with Gasteiger partial charge in [0, 0.05) is 21.2 Å². The largest absolute Gasteiger partial charge is 0.489 e. The van der Waals surface area contributed by atoms with Gasteiger partial charge in [0.15, 0.2) is 0 Å². The molecule has 0 aliphatic rings. The summed E-state index contributed by atoms with van der Waals surface area (Å²) in [7, 11) is 0. The number of aryl methyl sites for hydroxylation is 2. The van der Waals surface area contributed by atoms with Gasteiger partial charge in [-0.25, -0.2) is 0 Å². The molecule has 0 spiro atoms. The fraction of sp³-hybridized carbons (Fsp3) is 0.316. The maximum atomic E-state index is 11.7. The molecule has 0 heterocycles. The summed E-state index contributed by atoms with van der Waals surface area (Å²) < 4.78 is 7.05. The normalized spacial score (nSPS) is 10.4. The fourth-order valence-corrected chi connectivity index (χ4v) is 2.77. The number of halogens is 1. The van der Waals surface area contributed by atoms with E-state index in [1.54, 1.807) is 0 Å². The first-order valence-electron chi connectivity index (χ1n) is 7.84. The Hall–Kier alpha value is -1.56. The Kier molecular flexibility index (Phi) is 6.45. The highest BCUT2D eigenvalue weighted by molar-refractivity contribution is 14.1. The molecule has 2 rings (SSSR count). The number of anilines is 1. The summed E-state index contributed by atoms with van der Waals surface area (Å²) in [5, 5.41) is 2.95. The van der Waals surface area contributed by atoms with Crippen LogP contribution in [0.25, 0.3) is 0 Å². The molecule has 0 aliphatic heterocycles. The van der Waals surface area contributed by atoms with Gasteiger partial charge in [0.05, 0.1) is 0 Å². The lowest BCUT2D eigenvalue weighted by Crippen LogP contribution is -2.12. The van der Waals surface area contributed by atoms with Gasteiger partial charge in [0.25, 0.3) is 0 Å². The minimum absolute atomic E-state index is 0.0109. The van der Waals surface area contributed by atoms with E-state index in [1.165, 1.54) is 5.56 Å². The lowest BCUT2D eigenvalue weighted by Gasteiger charge is -2.14. The van der Waals surface area contributed by atoms with Crippen LogP contribution in [0.15, 0.2) is 36.4 Å². The summed E-state index contributed by atoms with van der Waals surface area (Å²) in [6.45, 7) is 6.48. The molecule has 0 unspecified atom stereocenters. The minimum Gasteiger partial charge on any atom is -0.489 e. The second-order valence-corrected chi connectivity index (χ2v) is 6.69. The van der Waals surface area contributed by atoms with Gasteiger partial charge in [0.1, 0.15) is 12.4 Å². The molecule has 1 amide bonds. The molecule has 122 valence electrons. The van der Waals surface area contributed by atoms with E-state index >= 15 is 0 Å². The number of carbonyl (C=O) groups is 1. The van der Waals surface area contributed by atoms with Gasteiger partial charge in [-0.2, -0.15) is 0 Å². The fourth-order valence-electron chi connectivity index (χ4n) is 2.28. The highest BCUT2D eigenvalue weighted by Gasteiger charge is 2.08. The van der Waals surface area contributed by atoms with Gasteiger partial charge in [-0.05, 0) is 65.3 Å². The third-order valence-electron chi connectivity index (χ3n) is 3.70. The summed E-state index contributed by atoms with van der Waals surface area (Å²) in [5.74, 6) is 0.894. The third-order valence-corrected chi connectivity index (χ3v) is 4.37. The molecule has 0 radical (unpaired) electrons. The zero-order valence-corrected chi connectivity index (χ0v) is 15.9. The van der Waals surface area contributed by atoms with E-state index in [4.69, 9.17) is 4.74 Å². The molecule has 2 aromatic carbocycles. The van der Waals surface area contributed by atoms with Gasteiger partial charge in [0.2, 0.25) is 5.91 Å². The van der Waals surface area contributed by atoms with Crippen molar-refractivity contribution in [2.75, 3.05) is 5.32 Å². The second kappa shape index (κ2) is 8.34. The highest BCUT2D eigenvalue weighted by atomic mass is 127. The number of carbonyl (C=O) groups excluding carboxylic acids is 1. The van der Waals surface area contributed by atoms with Gasteiger partial charge in [-0.3, -0.25) is 4.79 Å². The number of hydrogen-bond acceptors (Lipinski definition) is 2. The van der Waals surface area contributed by atoms with Crippen LogP contribution in [0.1, 0.15) is 37.0 Å². The minimum atomic E-state index is 0.0109. The molecule has 2 aromatic rings. The quantitative estimate of drug-likeness (QED) is 0.658. The highest BCUT2D eigenvalue weighted by Crippen LogP contribution is 2.24. The molecule has 0 atom stereocenters. The van der Waals surface area contributed by atoms with Crippen molar-refractivity contribution < 1.29 is 9.53 Å². The molecule has 4 heteroatoms. The summed E-state index contributed by atoms with van der Waals surface area (Å²) in [4.78, 5) is 11.7. The number of rotatable bonds is 6. The number of benzene rings is 2. The van der Waals surface area contributed by atoms with Crippen molar-refractivity contribution in [3.05, 3.63) is 56.7 Å². The van der Waals surface area contributed by atoms with E-state index in [-0.39, 0.29) is 5.91 Å². The zero-order valence-electron chi connectivity index (χ0n) is 13.8. The van der Waals surface area contributed by atoms with Crippen molar-refractivity contribution in [3.8, 4) is 5.75 Å². The first-order valence-corrected chi connectivity index (χ1v) is 8.92. The summed E-state index contributed by atoms with van der Waals surface area (Å²) in [6, 6.07) is 12.3. The number of nitrogens with one attached hydrogen (secondary N) is 1. The maximum absolute atomic E-state index is 11.7. The average molecular weight is 423 g/mol. The van der Waals surface area contributed by atoms with Crippen molar-refractivity contribution >= 4 is 34.2 Å². The van der Waals surface area contributed by atoms with E-state index in [0.717, 1.165) is 32.6 Å². The van der Waals surface area contributed by atoms with E-state index < -0.39 is 0 Å². The first kappa shape index (κ1) is 17.8. The lowest BCUT2D eigenvalue weighted by molar-refractivity contribution is -0.115. The van der Waals surface area contributed by atoms with Crippen LogP contribution in [-0.2, 0) is 17.8 Å². The molecule has 23 heavy (non-hydrogen) atoms. The molecule has 0 fully saturated rings. The van der Waals surface area contributed by atoms with Crippen molar-refractivity contribution in [2.24, 2.45) is 0 Å². The molecule has 0 saturated carbocycles. The Morgan fingerprint density at radius 2 is 1.96 bits per heavy atom. The van der Waals surface area contributed by atoms with E-state index in [2.05, 4.69) is 53.9 Å². The van der Waals surface area contributed by atoms with Crippen molar-refractivity contribution in [1.82, 2.24) is 0 Å². The van der Waals surface area contributed by atoms with Crippen LogP contribution >= 0.6 is 22.6 Å². The zero-order chi connectivity index (χ0) is 16.8. The van der Waals surface area contributed by atoms with Crippen LogP contribution in [0.4, 0.5) is 5.69 Å². The van der Waals surface area contributed by atoms with Gasteiger partial charge >= 0.3 is 0 Å². The molecule has 0 bridgehead atoms. The number of amides is 1. The van der Waals surface area contributed by atoms with Gasteiger partial charge in [-0.15, -0.1) is 0 Å². The molecule has 1 N–H and O–H groups in total. The van der Waals surface area contributed by atoms with Crippen LogP contribution in [0, 0.1) is 10.5 Å². The summed E-state index contributed by atoms with van der Waals surface area (Å²) >= 11 is 2.24. The summed E-state index contributed by atoms with van der Waals surface area (Å²) in [6.07, 6.45) is 1.48. The number of ether oxygens (including phenoxy) is 1.